The smallest absolute Gasteiger partial charge is 0.110 e. The fourth-order valence-electron chi connectivity index (χ4n) is 4.96. The molecular formula is C36H36OP2. The summed E-state index contributed by atoms with van der Waals surface area (Å²) < 4.78 is 6.53. The molecule has 0 aromatic heterocycles. The lowest BCUT2D eigenvalue weighted by molar-refractivity contribution is 0.173. The minimum absolute atomic E-state index is 0.0355. The third kappa shape index (κ3) is 6.23. The second kappa shape index (κ2) is 12.4. The molecule has 5 aromatic carbocycles. The summed E-state index contributed by atoms with van der Waals surface area (Å²) in [7, 11) is 0.256. The molecule has 0 aliphatic heterocycles. The van der Waals surface area contributed by atoms with Crippen LogP contribution in [0.4, 0.5) is 0 Å². The van der Waals surface area contributed by atoms with E-state index in [1.807, 2.05) is 7.11 Å². The highest BCUT2D eigenvalue weighted by molar-refractivity contribution is 7.80. The maximum Gasteiger partial charge on any atom is 0.110 e. The molecule has 0 unspecified atom stereocenters. The molecule has 5 rings (SSSR count). The van der Waals surface area contributed by atoms with Crippen LogP contribution in [0.15, 0.2) is 140 Å². The molecule has 0 heterocycles. The molecule has 0 radical (unpaired) electrons. The van der Waals surface area contributed by atoms with Gasteiger partial charge >= 0.3 is 0 Å². The van der Waals surface area contributed by atoms with Crippen LogP contribution in [-0.2, 0) is 10.2 Å². The van der Waals surface area contributed by atoms with Crippen molar-refractivity contribution in [2.75, 3.05) is 7.11 Å². The zero-order valence-corrected chi connectivity index (χ0v) is 24.9. The Morgan fingerprint density at radius 2 is 0.949 bits per heavy atom. The number of hydrogen-bond donors (Lipinski definition) is 0. The van der Waals surface area contributed by atoms with Gasteiger partial charge in [-0.15, -0.1) is 0 Å². The Hall–Kier alpha value is -3.08. The maximum absolute atomic E-state index is 6.53. The Kier molecular flexibility index (Phi) is 8.74. The Morgan fingerprint density at radius 1 is 0.538 bits per heavy atom. The summed E-state index contributed by atoms with van der Waals surface area (Å²) in [5, 5.41) is 6.72. The van der Waals surface area contributed by atoms with Crippen molar-refractivity contribution in [1.82, 2.24) is 0 Å². The van der Waals surface area contributed by atoms with Gasteiger partial charge in [0.05, 0.1) is 0 Å². The zero-order valence-electron chi connectivity index (χ0n) is 23.2. The van der Waals surface area contributed by atoms with Crippen LogP contribution in [-0.4, -0.2) is 7.11 Å². The summed E-state index contributed by atoms with van der Waals surface area (Å²) in [6.07, 6.45) is 0. The van der Waals surface area contributed by atoms with Gasteiger partial charge in [-0.3, -0.25) is 0 Å². The van der Waals surface area contributed by atoms with E-state index >= 15 is 0 Å². The highest BCUT2D eigenvalue weighted by Gasteiger charge is 2.32. The van der Waals surface area contributed by atoms with E-state index in [1.165, 1.54) is 37.6 Å². The standard InChI is InChI=1S/C36H36OP2/c1-36(2,3)28-25-26-33(34(27-28)38(29-17-9-5-10-18-29)30-19-11-6-12-20-30)35(37-4)39(31-21-13-7-14-22-31)32-23-15-8-16-24-32/h5-27,35H,1-4H3/t35-/m1/s1. The van der Waals surface area contributed by atoms with Crippen LogP contribution in [0.3, 0.4) is 0 Å². The largest absolute Gasteiger partial charge is 0.372 e. The van der Waals surface area contributed by atoms with Crippen LogP contribution in [0, 0.1) is 0 Å². The van der Waals surface area contributed by atoms with E-state index in [0.717, 1.165) is 0 Å². The van der Waals surface area contributed by atoms with Crippen LogP contribution in [0.25, 0.3) is 0 Å². The number of hydrogen-bond acceptors (Lipinski definition) is 1. The highest BCUT2D eigenvalue weighted by atomic mass is 31.1. The normalized spacial score (nSPS) is 12.6. The molecule has 5 aromatic rings. The molecule has 3 heteroatoms. The molecule has 0 spiro atoms. The molecule has 1 nitrogen and oxygen atoms in total. The van der Waals surface area contributed by atoms with Crippen LogP contribution < -0.4 is 26.5 Å². The molecule has 0 saturated heterocycles. The van der Waals surface area contributed by atoms with Gasteiger partial charge in [-0.25, -0.2) is 0 Å². The van der Waals surface area contributed by atoms with E-state index in [9.17, 15) is 0 Å². The Bertz CT molecular complexity index is 1380. The molecule has 0 aliphatic rings. The molecule has 196 valence electrons. The lowest BCUT2D eigenvalue weighted by Gasteiger charge is -2.33. The van der Waals surface area contributed by atoms with Crippen LogP contribution >= 0.6 is 15.8 Å². The fraction of sp³-hybridized carbons (Fsp3) is 0.167. The van der Waals surface area contributed by atoms with Gasteiger partial charge in [0.2, 0.25) is 0 Å². The van der Waals surface area contributed by atoms with Gasteiger partial charge in [0.1, 0.15) is 5.85 Å². The van der Waals surface area contributed by atoms with Gasteiger partial charge in [-0.1, -0.05) is 154 Å². The first-order valence-corrected chi connectivity index (χ1v) is 16.2. The summed E-state index contributed by atoms with van der Waals surface area (Å²) in [6, 6.07) is 50.9. The lowest BCUT2D eigenvalue weighted by atomic mass is 9.86. The summed E-state index contributed by atoms with van der Waals surface area (Å²) in [5.74, 6) is -0.0914. The van der Waals surface area contributed by atoms with Crippen molar-refractivity contribution in [3.63, 3.8) is 0 Å². The van der Waals surface area contributed by atoms with Crippen molar-refractivity contribution in [2.24, 2.45) is 0 Å². The predicted molar refractivity (Wildman–Crippen MR) is 173 cm³/mol. The second-order valence-electron chi connectivity index (χ2n) is 10.7. The van der Waals surface area contributed by atoms with Crippen LogP contribution in [0.2, 0.25) is 0 Å². The summed E-state index contributed by atoms with van der Waals surface area (Å²) in [4.78, 5) is 0. The van der Waals surface area contributed by atoms with Gasteiger partial charge < -0.3 is 4.74 Å². The first-order chi connectivity index (χ1) is 19.0. The van der Waals surface area contributed by atoms with Crippen LogP contribution in [0.1, 0.15) is 37.7 Å². The van der Waals surface area contributed by atoms with Gasteiger partial charge in [-0.05, 0) is 65.0 Å². The minimum atomic E-state index is -0.819. The van der Waals surface area contributed by atoms with Crippen molar-refractivity contribution < 1.29 is 4.74 Å². The predicted octanol–water partition coefficient (Wildman–Crippen LogP) is 7.52. The molecule has 0 amide bonds. The molecular weight excluding hydrogens is 510 g/mol. The Labute approximate surface area is 236 Å². The van der Waals surface area contributed by atoms with E-state index in [-0.39, 0.29) is 11.3 Å². The average Bonchev–Trinajstić information content (AvgIpc) is 2.98. The second-order valence-corrected chi connectivity index (χ2v) is 15.1. The fourth-order valence-corrected chi connectivity index (χ4v) is 10.1. The van der Waals surface area contributed by atoms with Gasteiger partial charge in [0.15, 0.2) is 0 Å². The molecule has 39 heavy (non-hydrogen) atoms. The van der Waals surface area contributed by atoms with Crippen molar-refractivity contribution >= 4 is 42.4 Å². The monoisotopic (exact) mass is 546 g/mol. The lowest BCUT2D eigenvalue weighted by Crippen LogP contribution is -2.28. The van der Waals surface area contributed by atoms with E-state index in [0.29, 0.717) is 0 Å². The summed E-state index contributed by atoms with van der Waals surface area (Å²) in [6.45, 7) is 6.90. The van der Waals surface area contributed by atoms with E-state index in [1.54, 1.807) is 0 Å². The third-order valence-electron chi connectivity index (χ3n) is 6.96. The topological polar surface area (TPSA) is 9.23 Å². The molecule has 0 fully saturated rings. The van der Waals surface area contributed by atoms with Gasteiger partial charge in [0, 0.05) is 7.11 Å². The molecule has 0 bridgehead atoms. The van der Waals surface area contributed by atoms with Gasteiger partial charge in [-0.2, -0.15) is 0 Å². The Balaban J connectivity index is 1.78. The van der Waals surface area contributed by atoms with E-state index in [2.05, 4.69) is 160 Å². The van der Waals surface area contributed by atoms with E-state index < -0.39 is 15.8 Å². The SMILES string of the molecule is CO[C@@H](c1ccc(C(C)(C)C)cc1P(c1ccccc1)c1ccccc1)P(c1ccccc1)c1ccccc1. The average molecular weight is 547 g/mol. The van der Waals surface area contributed by atoms with Crippen molar-refractivity contribution in [2.45, 2.75) is 32.0 Å². The number of benzene rings is 5. The molecule has 1 atom stereocenters. The highest BCUT2D eigenvalue weighted by Crippen LogP contribution is 2.51. The number of methoxy groups -OCH3 is 1. The summed E-state index contributed by atoms with van der Waals surface area (Å²) >= 11 is 0. The van der Waals surface area contributed by atoms with Crippen molar-refractivity contribution in [1.29, 1.82) is 0 Å². The zero-order chi connectivity index (χ0) is 27.2. The molecule has 0 N–H and O–H groups in total. The van der Waals surface area contributed by atoms with Crippen LogP contribution in [0.5, 0.6) is 0 Å². The third-order valence-corrected chi connectivity index (χ3v) is 12.1. The number of rotatable bonds is 8. The first kappa shape index (κ1) is 27.5. The Morgan fingerprint density at radius 3 is 1.33 bits per heavy atom. The van der Waals surface area contributed by atoms with Crippen molar-refractivity contribution in [3.8, 4) is 0 Å². The maximum atomic E-state index is 6.53. The van der Waals surface area contributed by atoms with Gasteiger partial charge in [0.25, 0.3) is 0 Å². The first-order valence-electron chi connectivity index (χ1n) is 13.4. The van der Waals surface area contributed by atoms with E-state index in [4.69, 9.17) is 4.74 Å². The minimum Gasteiger partial charge on any atom is -0.372 e. The number of ether oxygens (including phenoxy) is 1. The quantitative estimate of drug-likeness (QED) is 0.183. The van der Waals surface area contributed by atoms with Crippen molar-refractivity contribution in [3.05, 3.63) is 151 Å². The molecule has 0 saturated carbocycles. The molecule has 0 aliphatic carbocycles. The summed E-state index contributed by atoms with van der Waals surface area (Å²) in [5.41, 5.74) is 2.66.